The zero-order valence-corrected chi connectivity index (χ0v) is 13.7. The molecule has 1 amide bonds. The molecule has 2 aliphatic rings. The van der Waals surface area contributed by atoms with E-state index < -0.39 is 0 Å². The lowest BCUT2D eigenvalue weighted by Crippen LogP contribution is -2.43. The van der Waals surface area contributed by atoms with Crippen molar-refractivity contribution in [3.05, 3.63) is 41.5 Å². The third-order valence-corrected chi connectivity index (χ3v) is 4.94. The van der Waals surface area contributed by atoms with Crippen molar-refractivity contribution in [2.24, 2.45) is 5.92 Å². The van der Waals surface area contributed by atoms with E-state index in [1.807, 2.05) is 12.1 Å². The second-order valence-corrected chi connectivity index (χ2v) is 6.61. The van der Waals surface area contributed by atoms with Crippen LogP contribution < -0.4 is 10.2 Å². The predicted molar refractivity (Wildman–Crippen MR) is 89.5 cm³/mol. The predicted octanol–water partition coefficient (Wildman–Crippen LogP) is 2.09. The van der Waals surface area contributed by atoms with E-state index in [-0.39, 0.29) is 11.8 Å². The van der Waals surface area contributed by atoms with Crippen molar-refractivity contribution in [1.82, 2.24) is 15.5 Å². The molecule has 1 N–H and O–H groups in total. The second kappa shape index (κ2) is 6.63. The Morgan fingerprint density at radius 3 is 3.17 bits per heavy atom. The molecule has 0 spiro atoms. The molecule has 6 heteroatoms. The van der Waals surface area contributed by atoms with Gasteiger partial charge in [0.15, 0.2) is 5.82 Å². The summed E-state index contributed by atoms with van der Waals surface area (Å²) >= 11 is 0. The molecule has 1 saturated heterocycles. The highest BCUT2D eigenvalue weighted by Crippen LogP contribution is 2.26. The molecule has 0 saturated carbocycles. The molecule has 126 valence electrons. The number of hydrogen-bond donors (Lipinski definition) is 1. The molecule has 0 aromatic carbocycles. The van der Waals surface area contributed by atoms with Crippen molar-refractivity contribution >= 4 is 11.7 Å². The average Bonchev–Trinajstić information content (AvgIpc) is 3.30. The Hall–Kier alpha value is -2.37. The molecule has 0 bridgehead atoms. The van der Waals surface area contributed by atoms with E-state index in [0.29, 0.717) is 13.1 Å². The van der Waals surface area contributed by atoms with Crippen molar-refractivity contribution in [2.75, 3.05) is 18.0 Å². The molecule has 1 aliphatic heterocycles. The normalized spacial score (nSPS) is 20.0. The van der Waals surface area contributed by atoms with Crippen LogP contribution in [-0.4, -0.2) is 29.2 Å². The molecule has 1 fully saturated rings. The van der Waals surface area contributed by atoms with Crippen LogP contribution in [0, 0.1) is 5.92 Å². The number of anilines is 1. The SMILES string of the molecule is O=C(NCc1ccco1)C1CCCN(c2cc3c(nn2)CCC3)C1. The van der Waals surface area contributed by atoms with Gasteiger partial charge < -0.3 is 14.6 Å². The summed E-state index contributed by atoms with van der Waals surface area (Å²) in [6.07, 6.45) is 6.84. The number of carbonyl (C=O) groups is 1. The first-order valence-electron chi connectivity index (χ1n) is 8.70. The van der Waals surface area contributed by atoms with Gasteiger partial charge in [-0.1, -0.05) is 0 Å². The van der Waals surface area contributed by atoms with Gasteiger partial charge in [-0.2, -0.15) is 5.10 Å². The summed E-state index contributed by atoms with van der Waals surface area (Å²) in [4.78, 5) is 14.6. The highest BCUT2D eigenvalue weighted by atomic mass is 16.3. The topological polar surface area (TPSA) is 71.3 Å². The van der Waals surface area contributed by atoms with Crippen molar-refractivity contribution < 1.29 is 9.21 Å². The Labute approximate surface area is 141 Å². The first kappa shape index (κ1) is 15.2. The van der Waals surface area contributed by atoms with Crippen LogP contribution >= 0.6 is 0 Å². The Balaban J connectivity index is 1.39. The summed E-state index contributed by atoms with van der Waals surface area (Å²) < 4.78 is 5.26. The van der Waals surface area contributed by atoms with Crippen molar-refractivity contribution in [3.8, 4) is 0 Å². The maximum atomic E-state index is 12.4. The first-order chi connectivity index (χ1) is 11.8. The van der Waals surface area contributed by atoms with E-state index in [2.05, 4.69) is 26.5 Å². The van der Waals surface area contributed by atoms with Gasteiger partial charge in [0, 0.05) is 13.1 Å². The number of amides is 1. The first-order valence-corrected chi connectivity index (χ1v) is 8.70. The van der Waals surface area contributed by atoms with Gasteiger partial charge >= 0.3 is 0 Å². The van der Waals surface area contributed by atoms with Crippen LogP contribution in [0.25, 0.3) is 0 Å². The Kier molecular flexibility index (Phi) is 4.19. The molecule has 24 heavy (non-hydrogen) atoms. The molecule has 3 heterocycles. The number of furan rings is 1. The molecule has 2 aromatic rings. The minimum atomic E-state index is -0.0104. The van der Waals surface area contributed by atoms with Gasteiger partial charge in [-0.15, -0.1) is 5.10 Å². The van der Waals surface area contributed by atoms with Gasteiger partial charge in [0.2, 0.25) is 5.91 Å². The third-order valence-electron chi connectivity index (χ3n) is 4.94. The fourth-order valence-corrected chi connectivity index (χ4v) is 3.60. The van der Waals surface area contributed by atoms with Gasteiger partial charge in [0.05, 0.1) is 24.4 Å². The van der Waals surface area contributed by atoms with Crippen molar-refractivity contribution in [2.45, 2.75) is 38.6 Å². The fourth-order valence-electron chi connectivity index (χ4n) is 3.60. The van der Waals surface area contributed by atoms with E-state index in [4.69, 9.17) is 4.42 Å². The number of nitrogens with one attached hydrogen (secondary N) is 1. The molecule has 2 aromatic heterocycles. The number of fused-ring (bicyclic) bond motifs is 1. The van der Waals surface area contributed by atoms with Gasteiger partial charge in [0.25, 0.3) is 0 Å². The smallest absolute Gasteiger partial charge is 0.225 e. The van der Waals surface area contributed by atoms with Crippen LogP contribution in [0.4, 0.5) is 5.82 Å². The molecule has 1 aliphatic carbocycles. The maximum Gasteiger partial charge on any atom is 0.225 e. The number of hydrogen-bond acceptors (Lipinski definition) is 5. The summed E-state index contributed by atoms with van der Waals surface area (Å²) in [7, 11) is 0. The Bertz CT molecular complexity index is 714. The molecule has 6 nitrogen and oxygen atoms in total. The average molecular weight is 326 g/mol. The summed E-state index contributed by atoms with van der Waals surface area (Å²) in [5.74, 6) is 1.77. The fraction of sp³-hybridized carbons (Fsp3) is 0.500. The van der Waals surface area contributed by atoms with Crippen LogP contribution in [0.1, 0.15) is 36.3 Å². The minimum absolute atomic E-state index is 0.0104. The van der Waals surface area contributed by atoms with Crippen LogP contribution in [0.15, 0.2) is 28.9 Å². The summed E-state index contributed by atoms with van der Waals surface area (Å²) in [5.41, 5.74) is 2.47. The number of carbonyl (C=O) groups excluding carboxylic acids is 1. The standard InChI is InChI=1S/C18H22N4O2/c23-18(19-11-15-6-3-9-24-15)14-5-2-8-22(12-14)17-10-13-4-1-7-16(13)20-21-17/h3,6,9-10,14H,1-2,4-5,7-8,11-12H2,(H,19,23). The summed E-state index contributed by atoms with van der Waals surface area (Å²) in [6.45, 7) is 2.09. The monoisotopic (exact) mass is 326 g/mol. The Morgan fingerprint density at radius 2 is 2.29 bits per heavy atom. The highest BCUT2D eigenvalue weighted by Gasteiger charge is 2.27. The van der Waals surface area contributed by atoms with Gasteiger partial charge in [0.1, 0.15) is 5.76 Å². The third kappa shape index (κ3) is 3.13. The second-order valence-electron chi connectivity index (χ2n) is 6.61. The minimum Gasteiger partial charge on any atom is -0.467 e. The number of rotatable bonds is 4. The van der Waals surface area contributed by atoms with E-state index in [9.17, 15) is 4.79 Å². The van der Waals surface area contributed by atoms with Crippen molar-refractivity contribution in [1.29, 1.82) is 0 Å². The van der Waals surface area contributed by atoms with E-state index in [1.165, 1.54) is 12.0 Å². The van der Waals surface area contributed by atoms with Crippen molar-refractivity contribution in [3.63, 3.8) is 0 Å². The largest absolute Gasteiger partial charge is 0.467 e. The van der Waals surface area contributed by atoms with E-state index >= 15 is 0 Å². The van der Waals surface area contributed by atoms with Gasteiger partial charge in [-0.25, -0.2) is 0 Å². The maximum absolute atomic E-state index is 12.4. The zero-order chi connectivity index (χ0) is 16.4. The van der Waals surface area contributed by atoms with Gasteiger partial charge in [-0.3, -0.25) is 4.79 Å². The lowest BCUT2D eigenvalue weighted by atomic mass is 9.97. The van der Waals surface area contributed by atoms with E-state index in [0.717, 1.165) is 49.5 Å². The molecular weight excluding hydrogens is 304 g/mol. The van der Waals surface area contributed by atoms with Gasteiger partial charge in [-0.05, 0) is 55.9 Å². The summed E-state index contributed by atoms with van der Waals surface area (Å²) in [6, 6.07) is 5.86. The molecule has 1 unspecified atom stereocenters. The van der Waals surface area contributed by atoms with E-state index in [1.54, 1.807) is 6.26 Å². The van der Waals surface area contributed by atoms with Crippen LogP contribution in [-0.2, 0) is 24.2 Å². The lowest BCUT2D eigenvalue weighted by molar-refractivity contribution is -0.125. The molecular formula is C18H22N4O2. The number of aryl methyl sites for hydroxylation is 2. The Morgan fingerprint density at radius 1 is 1.33 bits per heavy atom. The number of nitrogens with zero attached hydrogens (tertiary/aromatic N) is 3. The summed E-state index contributed by atoms with van der Waals surface area (Å²) in [5, 5.41) is 11.7. The molecule has 0 radical (unpaired) electrons. The lowest BCUT2D eigenvalue weighted by Gasteiger charge is -2.32. The highest BCUT2D eigenvalue weighted by molar-refractivity contribution is 5.79. The quantitative estimate of drug-likeness (QED) is 0.931. The zero-order valence-electron chi connectivity index (χ0n) is 13.7. The molecule has 1 atom stereocenters. The number of piperidine rings is 1. The van der Waals surface area contributed by atoms with Crippen LogP contribution in [0.5, 0.6) is 0 Å². The van der Waals surface area contributed by atoms with Crippen LogP contribution in [0.3, 0.4) is 0 Å². The number of aromatic nitrogens is 2. The van der Waals surface area contributed by atoms with Crippen LogP contribution in [0.2, 0.25) is 0 Å². The molecule has 4 rings (SSSR count).